The maximum atomic E-state index is 12.5. The number of furan rings is 1. The maximum absolute atomic E-state index is 12.5. The summed E-state index contributed by atoms with van der Waals surface area (Å²) in [6.45, 7) is 2.00. The summed E-state index contributed by atoms with van der Waals surface area (Å²) >= 11 is 0. The van der Waals surface area contributed by atoms with Crippen LogP contribution in [0.4, 0.5) is 18.0 Å². The fourth-order valence-electron chi connectivity index (χ4n) is 3.64. The van der Waals surface area contributed by atoms with Gasteiger partial charge < -0.3 is 20.0 Å². The third kappa shape index (κ3) is 4.31. The molecule has 1 aromatic heterocycles. The van der Waals surface area contributed by atoms with E-state index in [1.54, 1.807) is 4.90 Å². The van der Waals surface area contributed by atoms with Gasteiger partial charge in [0, 0.05) is 44.4 Å². The molecule has 2 aliphatic rings. The summed E-state index contributed by atoms with van der Waals surface area (Å²) in [5.74, 6) is 0.233. The molecule has 0 radical (unpaired) electrons. The smallest absolute Gasteiger partial charge is 0.419 e. The first-order valence-corrected chi connectivity index (χ1v) is 8.72. The van der Waals surface area contributed by atoms with Crippen LogP contribution in [-0.4, -0.2) is 43.0 Å². The number of hydrogen-bond donors (Lipinski definition) is 2. The van der Waals surface area contributed by atoms with Crippen molar-refractivity contribution in [1.29, 1.82) is 0 Å². The Morgan fingerprint density at radius 3 is 2.85 bits per heavy atom. The third-order valence-corrected chi connectivity index (χ3v) is 5.12. The number of amides is 3. The zero-order valence-corrected chi connectivity index (χ0v) is 14.3. The van der Waals surface area contributed by atoms with Crippen molar-refractivity contribution in [3.05, 3.63) is 23.7 Å². The van der Waals surface area contributed by atoms with Crippen LogP contribution in [0.5, 0.6) is 0 Å². The topological polar surface area (TPSA) is 74.6 Å². The van der Waals surface area contributed by atoms with E-state index >= 15 is 0 Å². The lowest BCUT2D eigenvalue weighted by Gasteiger charge is -2.44. The number of carbonyl (C=O) groups is 2. The standard InChI is InChI=1S/C17H22F3N3O3/c18-17(19,20)12-8-13(26-9-12)3-6-21-15(25)23-7-1-4-16(11-23)5-2-14(24)22-10-16/h8-9H,1-7,10-11H2,(H,21,25)(H,22,24). The van der Waals surface area contributed by atoms with Gasteiger partial charge in [0.15, 0.2) is 0 Å². The molecule has 0 saturated carbocycles. The van der Waals surface area contributed by atoms with Crippen molar-refractivity contribution in [3.63, 3.8) is 0 Å². The average Bonchev–Trinajstić information content (AvgIpc) is 3.07. The molecule has 1 unspecified atom stereocenters. The fraction of sp³-hybridized carbons (Fsp3) is 0.647. The van der Waals surface area contributed by atoms with Gasteiger partial charge in [-0.15, -0.1) is 0 Å². The Hall–Kier alpha value is -2.19. The predicted molar refractivity (Wildman–Crippen MR) is 86.3 cm³/mol. The van der Waals surface area contributed by atoms with Crippen LogP contribution in [0.15, 0.2) is 16.7 Å². The molecule has 6 nitrogen and oxygen atoms in total. The number of rotatable bonds is 3. The van der Waals surface area contributed by atoms with Gasteiger partial charge in [0.05, 0.1) is 5.56 Å². The number of hydrogen-bond acceptors (Lipinski definition) is 3. The average molecular weight is 373 g/mol. The van der Waals surface area contributed by atoms with E-state index in [1.165, 1.54) is 0 Å². The summed E-state index contributed by atoms with van der Waals surface area (Å²) in [6, 6.07) is 0.718. The monoisotopic (exact) mass is 373 g/mol. The van der Waals surface area contributed by atoms with Crippen molar-refractivity contribution in [1.82, 2.24) is 15.5 Å². The number of nitrogens with zero attached hydrogens (tertiary/aromatic N) is 1. The van der Waals surface area contributed by atoms with Gasteiger partial charge in [-0.3, -0.25) is 4.79 Å². The van der Waals surface area contributed by atoms with E-state index in [0.29, 0.717) is 32.3 Å². The molecule has 144 valence electrons. The van der Waals surface area contributed by atoms with Crippen molar-refractivity contribution in [2.24, 2.45) is 5.41 Å². The second-order valence-corrected chi connectivity index (χ2v) is 7.08. The Bertz CT molecular complexity index is 662. The summed E-state index contributed by atoms with van der Waals surface area (Å²) in [7, 11) is 0. The van der Waals surface area contributed by atoms with Crippen molar-refractivity contribution < 1.29 is 27.2 Å². The Morgan fingerprint density at radius 2 is 2.19 bits per heavy atom. The van der Waals surface area contributed by atoms with Crippen LogP contribution < -0.4 is 10.6 Å². The highest BCUT2D eigenvalue weighted by molar-refractivity contribution is 5.77. The van der Waals surface area contributed by atoms with Crippen LogP contribution in [-0.2, 0) is 17.4 Å². The summed E-state index contributed by atoms with van der Waals surface area (Å²) in [5.41, 5.74) is -0.886. The lowest BCUT2D eigenvalue weighted by molar-refractivity contribution is -0.138. The van der Waals surface area contributed by atoms with Gasteiger partial charge in [-0.25, -0.2) is 4.79 Å². The van der Waals surface area contributed by atoms with E-state index in [0.717, 1.165) is 25.3 Å². The minimum Gasteiger partial charge on any atom is -0.469 e. The summed E-state index contributed by atoms with van der Waals surface area (Å²) < 4.78 is 42.5. The van der Waals surface area contributed by atoms with Crippen LogP contribution in [0.1, 0.15) is 37.0 Å². The molecule has 0 aliphatic carbocycles. The third-order valence-electron chi connectivity index (χ3n) is 5.12. The molecule has 3 rings (SSSR count). The van der Waals surface area contributed by atoms with Crippen LogP contribution in [0.3, 0.4) is 0 Å². The summed E-state index contributed by atoms with van der Waals surface area (Å²) in [6.07, 6.45) is -0.451. The number of carbonyl (C=O) groups excluding carboxylic acids is 2. The van der Waals surface area contributed by atoms with Gasteiger partial charge >= 0.3 is 12.2 Å². The SMILES string of the molecule is O=C1CCC2(CCCN(C(=O)NCCc3cc(C(F)(F)F)co3)C2)CN1. The van der Waals surface area contributed by atoms with Gasteiger partial charge in [-0.05, 0) is 25.3 Å². The first-order valence-electron chi connectivity index (χ1n) is 8.72. The van der Waals surface area contributed by atoms with Crippen LogP contribution in [0, 0.1) is 5.41 Å². The fourth-order valence-corrected chi connectivity index (χ4v) is 3.64. The van der Waals surface area contributed by atoms with Gasteiger partial charge in [-0.1, -0.05) is 0 Å². The summed E-state index contributed by atoms with van der Waals surface area (Å²) in [4.78, 5) is 25.4. The lowest BCUT2D eigenvalue weighted by atomic mass is 9.74. The van der Waals surface area contributed by atoms with Gasteiger partial charge in [0.1, 0.15) is 12.0 Å². The highest BCUT2D eigenvalue weighted by Gasteiger charge is 2.39. The van der Waals surface area contributed by atoms with Crippen LogP contribution >= 0.6 is 0 Å². The first-order chi connectivity index (χ1) is 12.3. The first kappa shape index (κ1) is 18.6. The number of alkyl halides is 3. The van der Waals surface area contributed by atoms with Crippen LogP contribution in [0.2, 0.25) is 0 Å². The van der Waals surface area contributed by atoms with Gasteiger partial charge in [-0.2, -0.15) is 13.2 Å². The van der Waals surface area contributed by atoms with E-state index in [1.807, 2.05) is 0 Å². The van der Waals surface area contributed by atoms with Gasteiger partial charge in [0.2, 0.25) is 5.91 Å². The van der Waals surface area contributed by atoms with E-state index < -0.39 is 11.7 Å². The van der Waals surface area contributed by atoms with Gasteiger partial charge in [0.25, 0.3) is 0 Å². The molecular formula is C17H22F3N3O3. The molecule has 1 aromatic rings. The second-order valence-electron chi connectivity index (χ2n) is 7.08. The second kappa shape index (κ2) is 7.20. The van der Waals surface area contributed by atoms with Crippen LogP contribution in [0.25, 0.3) is 0 Å². The Balaban J connectivity index is 1.47. The number of piperidine rings is 2. The Labute approximate surface area is 149 Å². The summed E-state index contributed by atoms with van der Waals surface area (Å²) in [5, 5.41) is 5.62. The molecule has 3 amide bonds. The molecule has 3 heterocycles. The highest BCUT2D eigenvalue weighted by atomic mass is 19.4. The molecular weight excluding hydrogens is 351 g/mol. The lowest BCUT2D eigenvalue weighted by Crippen LogP contribution is -2.55. The normalized spacial score (nSPS) is 23.8. The minimum absolute atomic E-state index is 0.0499. The number of nitrogens with one attached hydrogen (secondary N) is 2. The largest absolute Gasteiger partial charge is 0.469 e. The predicted octanol–water partition coefficient (Wildman–Crippen LogP) is 2.54. The Morgan fingerprint density at radius 1 is 1.38 bits per heavy atom. The zero-order chi connectivity index (χ0) is 18.8. The highest BCUT2D eigenvalue weighted by Crippen LogP contribution is 2.36. The number of urea groups is 1. The van der Waals surface area contributed by atoms with E-state index in [-0.39, 0.29) is 36.1 Å². The molecule has 26 heavy (non-hydrogen) atoms. The molecule has 2 saturated heterocycles. The van der Waals surface area contributed by atoms with E-state index in [4.69, 9.17) is 4.42 Å². The Kier molecular flexibility index (Phi) is 5.15. The maximum Gasteiger partial charge on any atom is 0.419 e. The quantitative estimate of drug-likeness (QED) is 0.855. The van der Waals surface area contributed by atoms with E-state index in [2.05, 4.69) is 10.6 Å². The minimum atomic E-state index is -4.43. The van der Waals surface area contributed by atoms with Crippen molar-refractivity contribution >= 4 is 11.9 Å². The molecule has 1 atom stereocenters. The number of halogens is 3. The van der Waals surface area contributed by atoms with Crippen molar-refractivity contribution in [2.45, 2.75) is 38.3 Å². The molecule has 1 spiro atoms. The molecule has 0 bridgehead atoms. The molecule has 0 aromatic carbocycles. The molecule has 2 N–H and O–H groups in total. The number of likely N-dealkylation sites (tertiary alicyclic amines) is 1. The molecule has 9 heteroatoms. The molecule has 2 aliphatic heterocycles. The zero-order valence-electron chi connectivity index (χ0n) is 14.3. The van der Waals surface area contributed by atoms with Crippen molar-refractivity contribution in [2.75, 3.05) is 26.2 Å². The molecule has 2 fully saturated rings. The van der Waals surface area contributed by atoms with Crippen molar-refractivity contribution in [3.8, 4) is 0 Å². The van der Waals surface area contributed by atoms with E-state index in [9.17, 15) is 22.8 Å².